The third-order valence-electron chi connectivity index (χ3n) is 4.40. The molecule has 0 atom stereocenters. The molecule has 0 unspecified atom stereocenters. The van der Waals surface area contributed by atoms with Crippen LogP contribution in [0.4, 0.5) is 0 Å². The quantitative estimate of drug-likeness (QED) is 0.743. The first-order valence-corrected chi connectivity index (χ1v) is 8.53. The number of methoxy groups -OCH3 is 1. The van der Waals surface area contributed by atoms with Crippen LogP contribution in [0.2, 0.25) is 0 Å². The molecule has 1 amide bonds. The van der Waals surface area contributed by atoms with Gasteiger partial charge in [-0.05, 0) is 67.6 Å². The van der Waals surface area contributed by atoms with E-state index < -0.39 is 0 Å². The number of amides is 1. The number of rotatable bonds is 5. The minimum Gasteiger partial charge on any atom is -0.497 e. The summed E-state index contributed by atoms with van der Waals surface area (Å²) in [6.45, 7) is 4.41. The molecule has 0 aliphatic carbocycles. The zero-order valence-corrected chi connectivity index (χ0v) is 15.2. The molecule has 0 fully saturated rings. The van der Waals surface area contributed by atoms with Crippen LogP contribution < -0.4 is 15.6 Å². The van der Waals surface area contributed by atoms with Gasteiger partial charge in [-0.1, -0.05) is 11.6 Å². The Bertz CT molecular complexity index is 1000. The van der Waals surface area contributed by atoms with E-state index in [0.717, 1.165) is 22.0 Å². The molecule has 26 heavy (non-hydrogen) atoms. The first-order chi connectivity index (χ1) is 12.5. The number of carbonyl (C=O) groups is 1. The highest BCUT2D eigenvalue weighted by molar-refractivity contribution is 5.94. The molecule has 0 aliphatic heterocycles. The van der Waals surface area contributed by atoms with Gasteiger partial charge in [-0.25, -0.2) is 0 Å². The first kappa shape index (κ1) is 17.7. The highest BCUT2D eigenvalue weighted by atomic mass is 16.5. The number of nitrogens with one attached hydrogen (secondary N) is 2. The van der Waals surface area contributed by atoms with Crippen LogP contribution in [0.15, 0.2) is 47.3 Å². The summed E-state index contributed by atoms with van der Waals surface area (Å²) in [6, 6.07) is 12.9. The summed E-state index contributed by atoms with van der Waals surface area (Å²) >= 11 is 0. The lowest BCUT2D eigenvalue weighted by Crippen LogP contribution is -2.27. The summed E-state index contributed by atoms with van der Waals surface area (Å²) in [5.74, 6) is 0.534. The van der Waals surface area contributed by atoms with Crippen molar-refractivity contribution in [1.29, 1.82) is 0 Å². The topological polar surface area (TPSA) is 71.2 Å². The third kappa shape index (κ3) is 3.77. The summed E-state index contributed by atoms with van der Waals surface area (Å²) in [6.07, 6.45) is 0.472. The Morgan fingerprint density at radius 3 is 2.54 bits per heavy atom. The summed E-state index contributed by atoms with van der Waals surface area (Å²) < 4.78 is 5.08. The van der Waals surface area contributed by atoms with Crippen LogP contribution in [0.1, 0.15) is 27.0 Å². The number of H-pyrrole nitrogens is 1. The van der Waals surface area contributed by atoms with Crippen LogP contribution in [0.5, 0.6) is 5.75 Å². The third-order valence-corrected chi connectivity index (χ3v) is 4.40. The van der Waals surface area contributed by atoms with Gasteiger partial charge in [0.2, 0.25) is 0 Å². The molecule has 2 aromatic carbocycles. The standard InChI is InChI=1S/C21H22N2O3/c1-13-10-14(2)19-17(11-13)12-16(21(25)23-19)8-9-22-20(24)15-4-6-18(26-3)7-5-15/h4-7,10-12H,8-9H2,1-3H3,(H,22,24)(H,23,25). The molecule has 0 saturated heterocycles. The van der Waals surface area contributed by atoms with Crippen LogP contribution in [0.3, 0.4) is 0 Å². The number of aromatic nitrogens is 1. The fraction of sp³-hybridized carbons (Fsp3) is 0.238. The largest absolute Gasteiger partial charge is 0.497 e. The molecule has 3 rings (SSSR count). The van der Waals surface area contributed by atoms with Gasteiger partial charge in [-0.3, -0.25) is 9.59 Å². The van der Waals surface area contributed by atoms with E-state index >= 15 is 0 Å². The monoisotopic (exact) mass is 350 g/mol. The van der Waals surface area contributed by atoms with E-state index in [1.165, 1.54) is 0 Å². The Morgan fingerprint density at radius 2 is 1.85 bits per heavy atom. The second kappa shape index (κ2) is 7.44. The van der Waals surface area contributed by atoms with Crippen LogP contribution in [0, 0.1) is 13.8 Å². The summed E-state index contributed by atoms with van der Waals surface area (Å²) in [5, 5.41) is 3.86. The molecule has 0 bridgehead atoms. The number of ether oxygens (including phenoxy) is 1. The second-order valence-corrected chi connectivity index (χ2v) is 6.40. The van der Waals surface area contributed by atoms with Crippen molar-refractivity contribution in [2.75, 3.05) is 13.7 Å². The number of fused-ring (bicyclic) bond motifs is 1. The molecule has 0 radical (unpaired) electrons. The Morgan fingerprint density at radius 1 is 1.12 bits per heavy atom. The maximum absolute atomic E-state index is 12.3. The van der Waals surface area contributed by atoms with Crippen molar-refractivity contribution in [3.05, 3.63) is 75.1 Å². The van der Waals surface area contributed by atoms with Crippen molar-refractivity contribution >= 4 is 16.8 Å². The van der Waals surface area contributed by atoms with Gasteiger partial charge in [0.25, 0.3) is 11.5 Å². The number of aryl methyl sites for hydroxylation is 2. The minimum atomic E-state index is -0.170. The van der Waals surface area contributed by atoms with Crippen LogP contribution in [0.25, 0.3) is 10.9 Å². The Balaban J connectivity index is 1.70. The van der Waals surface area contributed by atoms with Crippen LogP contribution in [-0.4, -0.2) is 24.5 Å². The number of carbonyl (C=O) groups excluding carboxylic acids is 1. The van der Waals surface area contributed by atoms with E-state index in [9.17, 15) is 9.59 Å². The Labute approximate surface area is 152 Å². The lowest BCUT2D eigenvalue weighted by atomic mass is 10.0. The predicted octanol–water partition coefficient (Wildman–Crippen LogP) is 3.13. The molecule has 0 saturated carbocycles. The number of hydrogen-bond donors (Lipinski definition) is 2. The van der Waals surface area contributed by atoms with E-state index in [4.69, 9.17) is 4.74 Å². The Hall–Kier alpha value is -3.08. The van der Waals surface area contributed by atoms with E-state index in [2.05, 4.69) is 16.4 Å². The minimum absolute atomic E-state index is 0.108. The zero-order valence-electron chi connectivity index (χ0n) is 15.2. The van der Waals surface area contributed by atoms with Gasteiger partial charge in [0, 0.05) is 17.7 Å². The molecule has 1 aromatic heterocycles. The fourth-order valence-electron chi connectivity index (χ4n) is 3.07. The number of pyridine rings is 1. The SMILES string of the molecule is COc1ccc(C(=O)NCCc2cc3cc(C)cc(C)c3[nH]c2=O)cc1. The lowest BCUT2D eigenvalue weighted by molar-refractivity contribution is 0.0954. The van der Waals surface area contributed by atoms with Gasteiger partial charge >= 0.3 is 0 Å². The summed E-state index contributed by atoms with van der Waals surface area (Å²) in [7, 11) is 1.58. The summed E-state index contributed by atoms with van der Waals surface area (Å²) in [5.41, 5.74) is 4.19. The Kier molecular flexibility index (Phi) is 5.07. The van der Waals surface area contributed by atoms with Crippen LogP contribution >= 0.6 is 0 Å². The maximum atomic E-state index is 12.3. The normalized spacial score (nSPS) is 10.7. The van der Waals surface area contributed by atoms with Crippen LogP contribution in [-0.2, 0) is 6.42 Å². The lowest BCUT2D eigenvalue weighted by Gasteiger charge is -2.08. The van der Waals surface area contributed by atoms with Gasteiger partial charge in [0.05, 0.1) is 12.6 Å². The molecule has 0 aliphatic rings. The van der Waals surface area contributed by atoms with E-state index in [-0.39, 0.29) is 11.5 Å². The molecule has 5 heteroatoms. The average Bonchev–Trinajstić information content (AvgIpc) is 2.63. The smallest absolute Gasteiger partial charge is 0.251 e. The van der Waals surface area contributed by atoms with E-state index in [0.29, 0.717) is 29.8 Å². The fourth-order valence-corrected chi connectivity index (χ4v) is 3.07. The number of benzene rings is 2. The second-order valence-electron chi connectivity index (χ2n) is 6.40. The van der Waals surface area contributed by atoms with Gasteiger partial charge < -0.3 is 15.0 Å². The first-order valence-electron chi connectivity index (χ1n) is 8.53. The van der Waals surface area contributed by atoms with Gasteiger partial charge in [0.1, 0.15) is 5.75 Å². The zero-order chi connectivity index (χ0) is 18.7. The molecule has 5 nitrogen and oxygen atoms in total. The molecule has 134 valence electrons. The van der Waals surface area contributed by atoms with Crippen molar-refractivity contribution in [2.45, 2.75) is 20.3 Å². The van der Waals surface area contributed by atoms with Gasteiger partial charge in [-0.2, -0.15) is 0 Å². The highest BCUT2D eigenvalue weighted by Crippen LogP contribution is 2.18. The van der Waals surface area contributed by atoms with E-state index in [1.807, 2.05) is 26.0 Å². The van der Waals surface area contributed by atoms with Gasteiger partial charge in [-0.15, -0.1) is 0 Å². The van der Waals surface area contributed by atoms with Crippen molar-refractivity contribution in [2.24, 2.45) is 0 Å². The molecular weight excluding hydrogens is 328 g/mol. The molecular formula is C21H22N2O3. The van der Waals surface area contributed by atoms with Crippen molar-refractivity contribution in [3.8, 4) is 5.75 Å². The average molecular weight is 350 g/mol. The molecule has 3 aromatic rings. The van der Waals surface area contributed by atoms with Crippen molar-refractivity contribution in [1.82, 2.24) is 10.3 Å². The van der Waals surface area contributed by atoms with Crippen molar-refractivity contribution in [3.63, 3.8) is 0 Å². The molecule has 0 spiro atoms. The predicted molar refractivity (Wildman–Crippen MR) is 103 cm³/mol. The number of hydrogen-bond acceptors (Lipinski definition) is 3. The summed E-state index contributed by atoms with van der Waals surface area (Å²) in [4.78, 5) is 27.4. The van der Waals surface area contributed by atoms with Crippen molar-refractivity contribution < 1.29 is 9.53 Å². The molecule has 1 heterocycles. The van der Waals surface area contributed by atoms with E-state index in [1.54, 1.807) is 31.4 Å². The maximum Gasteiger partial charge on any atom is 0.251 e. The van der Waals surface area contributed by atoms with Gasteiger partial charge in [0.15, 0.2) is 0 Å². The highest BCUT2D eigenvalue weighted by Gasteiger charge is 2.08. The number of aromatic amines is 1. The molecule has 2 N–H and O–H groups in total.